The third-order valence-electron chi connectivity index (χ3n) is 13.3. The van der Waals surface area contributed by atoms with Gasteiger partial charge in [0.15, 0.2) is 0 Å². The van der Waals surface area contributed by atoms with E-state index < -0.39 is 55.1 Å². The maximum atomic E-state index is 13.2. The average Bonchev–Trinajstić information content (AvgIpc) is 3.35. The summed E-state index contributed by atoms with van der Waals surface area (Å²) in [6.07, 6.45) is 66.9. The molecule has 0 rings (SSSR count). The van der Waals surface area contributed by atoms with E-state index in [1.165, 1.54) is 193 Å². The van der Waals surface area contributed by atoms with E-state index in [1.807, 2.05) is 0 Å². The Kier molecular flexibility index (Phi) is 55.8. The molecule has 0 bridgehead atoms. The monoisotopic (exact) mass is 1140 g/mol. The summed E-state index contributed by atoms with van der Waals surface area (Å²) in [6.45, 7) is 6.79. The molecule has 0 heterocycles. The molecule has 0 aliphatic heterocycles. The molecule has 410 valence electrons. The second kappa shape index (κ2) is 56.2. The molecule has 10 heteroatoms. The summed E-state index contributed by atoms with van der Waals surface area (Å²) in [7, 11) is 0. The van der Waals surface area contributed by atoms with Gasteiger partial charge in [0, 0.05) is 0 Å². The predicted molar refractivity (Wildman–Crippen MR) is 315 cm³/mol. The molecule has 3 atom stereocenters. The molecule has 0 saturated carbocycles. The summed E-state index contributed by atoms with van der Waals surface area (Å²) in [5, 5.41) is -2.04. The summed E-state index contributed by atoms with van der Waals surface area (Å²) in [5.41, 5.74) is 0. The van der Waals surface area contributed by atoms with Gasteiger partial charge in [0.05, 0.1) is 0 Å². The minimum absolute atomic E-state index is 0.551. The Balaban J connectivity index is 4.70. The standard InChI is InChI=1S/3C20H38O2S.Sb/c3*1-2-3-4-5-6-7-8-9-10-11-12-13-14-15-16-17-18-19(23)20(21)22;/h3*9-10,19,23H,2-8,11-18H2,1H3,(H,21,22);/q;;;+3/p-3/b3*10-9-;. The third-order valence-corrected chi connectivity index (χ3v) is 17.5. The molecular formula is C60H111O6S3Sb. The Bertz CT molecular complexity index is 1100. The van der Waals surface area contributed by atoms with Gasteiger partial charge in [-0.2, -0.15) is 0 Å². The number of allylic oxidation sites excluding steroid dienone is 6. The van der Waals surface area contributed by atoms with Crippen LogP contribution in [0.2, 0.25) is 0 Å². The molecule has 0 aliphatic carbocycles. The Labute approximate surface area is 459 Å². The quantitative estimate of drug-likeness (QED) is 0.0244. The minimum Gasteiger partial charge on any atom is -0.0885 e. The van der Waals surface area contributed by atoms with Crippen LogP contribution >= 0.6 is 37.9 Å². The summed E-state index contributed by atoms with van der Waals surface area (Å²) >= 11 is 9.61. The van der Waals surface area contributed by atoms with E-state index in [4.69, 9.17) is 9.05 Å². The Morgan fingerprint density at radius 1 is 0.300 bits per heavy atom. The van der Waals surface area contributed by atoms with E-state index in [2.05, 4.69) is 95.1 Å². The van der Waals surface area contributed by atoms with E-state index >= 15 is 0 Å². The van der Waals surface area contributed by atoms with Crippen LogP contribution in [0.1, 0.15) is 310 Å². The van der Waals surface area contributed by atoms with E-state index in [9.17, 15) is 14.4 Å². The number of carbonyl (C=O) groups is 3. The van der Waals surface area contributed by atoms with E-state index in [0.29, 0.717) is 19.3 Å². The van der Waals surface area contributed by atoms with Gasteiger partial charge < -0.3 is 0 Å². The molecule has 70 heavy (non-hydrogen) atoms. The smallest absolute Gasteiger partial charge is 0.0885 e. The van der Waals surface area contributed by atoms with Crippen LogP contribution in [0.25, 0.3) is 0 Å². The van der Waals surface area contributed by atoms with Gasteiger partial charge in [-0.25, -0.2) is 0 Å². The predicted octanol–water partition coefficient (Wildman–Crippen LogP) is 19.8. The molecule has 3 unspecified atom stereocenters. The number of unbranched alkanes of at least 4 members (excludes halogenated alkanes) is 36. The van der Waals surface area contributed by atoms with Crippen molar-refractivity contribution in [3.8, 4) is 0 Å². The van der Waals surface area contributed by atoms with Crippen molar-refractivity contribution in [2.24, 2.45) is 0 Å². The topological polar surface area (TPSA) is 78.9 Å². The zero-order valence-electron chi connectivity index (χ0n) is 45.8. The molecule has 0 aliphatic rings. The van der Waals surface area contributed by atoms with Crippen LogP contribution in [-0.4, -0.2) is 55.1 Å². The van der Waals surface area contributed by atoms with Crippen LogP contribution in [0.5, 0.6) is 0 Å². The summed E-state index contributed by atoms with van der Waals surface area (Å²) in [4.78, 5) is 39.7. The summed E-state index contributed by atoms with van der Waals surface area (Å²) in [6, 6.07) is 0. The van der Waals surface area contributed by atoms with Crippen LogP contribution in [0, 0.1) is 0 Å². The van der Waals surface area contributed by atoms with Gasteiger partial charge in [0.2, 0.25) is 0 Å². The van der Waals surface area contributed by atoms with Gasteiger partial charge in [0.1, 0.15) is 0 Å². The molecule has 0 spiro atoms. The van der Waals surface area contributed by atoms with Crippen molar-refractivity contribution in [3.63, 3.8) is 0 Å². The fourth-order valence-electron chi connectivity index (χ4n) is 8.57. The van der Waals surface area contributed by atoms with Gasteiger partial charge in [-0.3, -0.25) is 0 Å². The molecule has 0 fully saturated rings. The first-order valence-corrected chi connectivity index (χ1v) is 34.4. The van der Waals surface area contributed by atoms with E-state index in [-0.39, 0.29) is 0 Å². The Hall–Kier alpha value is -0.502. The van der Waals surface area contributed by atoms with Crippen LogP contribution < -0.4 is 0 Å². The summed E-state index contributed by atoms with van der Waals surface area (Å²) in [5.74, 6) is -1.77. The molecular weight excluding hydrogens is 1030 g/mol. The first-order valence-electron chi connectivity index (χ1n) is 29.7. The Morgan fingerprint density at radius 2 is 0.471 bits per heavy atom. The van der Waals surface area contributed by atoms with E-state index in [1.54, 1.807) is 0 Å². The number of rotatable bonds is 54. The fourth-order valence-corrected chi connectivity index (χ4v) is 12.7. The van der Waals surface area contributed by atoms with Crippen molar-refractivity contribution in [3.05, 3.63) is 36.5 Å². The normalized spacial score (nSPS) is 13.2. The zero-order valence-corrected chi connectivity index (χ0v) is 51.0. The van der Waals surface area contributed by atoms with Crippen molar-refractivity contribution in [2.45, 2.75) is 325 Å². The van der Waals surface area contributed by atoms with Crippen molar-refractivity contribution < 1.29 is 23.4 Å². The zero-order chi connectivity index (χ0) is 51.2. The molecule has 0 amide bonds. The second-order valence-electron chi connectivity index (χ2n) is 20.2. The van der Waals surface area contributed by atoms with Crippen LogP contribution in [0.3, 0.4) is 0 Å². The third kappa shape index (κ3) is 49.7. The molecule has 0 aromatic rings. The van der Waals surface area contributed by atoms with E-state index in [0.717, 1.165) is 77.0 Å². The number of carbonyl (C=O) groups excluding carboxylic acids is 3. The van der Waals surface area contributed by atoms with Gasteiger partial charge in [-0.1, -0.05) is 135 Å². The molecule has 0 N–H and O–H groups in total. The van der Waals surface area contributed by atoms with Crippen molar-refractivity contribution in [1.29, 1.82) is 0 Å². The van der Waals surface area contributed by atoms with Crippen molar-refractivity contribution >= 4 is 77.3 Å². The van der Waals surface area contributed by atoms with Crippen LogP contribution in [-0.2, 0) is 23.4 Å². The molecule has 0 radical (unpaired) electrons. The Morgan fingerprint density at radius 3 is 0.671 bits per heavy atom. The molecule has 0 saturated heterocycles. The number of hydrogen-bond donors (Lipinski definition) is 3. The fraction of sp³-hybridized carbons (Fsp3) is 0.850. The SMILES string of the molecule is CCCCCCCC/C=C\CCCCCCCCC(S)C(=O)[O][Sb]([O]C(=O)C(S)CCCCCCCC/C=C\CCCCCCCC)[O]C(=O)C(S)CCCCCCCC/C=C\CCCCCCCC. The van der Waals surface area contributed by atoms with Crippen molar-refractivity contribution in [2.75, 3.05) is 0 Å². The molecule has 0 aromatic heterocycles. The van der Waals surface area contributed by atoms with Crippen LogP contribution in [0.15, 0.2) is 36.5 Å². The second-order valence-corrected chi connectivity index (χ2v) is 24.9. The number of hydrogen-bond acceptors (Lipinski definition) is 9. The van der Waals surface area contributed by atoms with Gasteiger partial charge in [-0.15, -0.1) is 0 Å². The van der Waals surface area contributed by atoms with Gasteiger partial charge in [0.25, 0.3) is 0 Å². The first-order chi connectivity index (χ1) is 34.3. The van der Waals surface area contributed by atoms with Gasteiger partial charge in [-0.05, 0) is 38.5 Å². The average molecular weight is 1150 g/mol. The maximum absolute atomic E-state index is 13.2. The minimum atomic E-state index is -4.08. The summed E-state index contributed by atoms with van der Waals surface area (Å²) < 4.78 is 17.1. The first kappa shape index (κ1) is 69.5. The molecule has 0 aromatic carbocycles. The van der Waals surface area contributed by atoms with Crippen LogP contribution in [0.4, 0.5) is 0 Å². The number of thiol groups is 3. The molecule has 6 nitrogen and oxygen atoms in total. The van der Waals surface area contributed by atoms with Gasteiger partial charge >= 0.3 is 289 Å². The van der Waals surface area contributed by atoms with Crippen molar-refractivity contribution in [1.82, 2.24) is 0 Å².